The normalized spacial score (nSPS) is 13.9. The van der Waals surface area contributed by atoms with E-state index in [1.54, 1.807) is 0 Å². The zero-order valence-corrected chi connectivity index (χ0v) is 10.9. The van der Waals surface area contributed by atoms with Crippen molar-refractivity contribution >= 4 is 11.6 Å². The molecule has 0 saturated carbocycles. The van der Waals surface area contributed by atoms with Crippen LogP contribution in [0.3, 0.4) is 0 Å². The van der Waals surface area contributed by atoms with Crippen molar-refractivity contribution in [2.24, 2.45) is 7.05 Å². The van der Waals surface area contributed by atoms with E-state index in [0.717, 1.165) is 17.7 Å². The highest BCUT2D eigenvalue weighted by molar-refractivity contribution is 6.07. The number of anilines is 1. The first-order valence-electron chi connectivity index (χ1n) is 6.29. The van der Waals surface area contributed by atoms with E-state index in [4.69, 9.17) is 0 Å². The molecule has 0 radical (unpaired) electrons. The summed E-state index contributed by atoms with van der Waals surface area (Å²) in [6, 6.07) is 7.52. The molecule has 0 fully saturated rings. The highest BCUT2D eigenvalue weighted by Gasteiger charge is 2.30. The predicted octanol–water partition coefficient (Wildman–Crippen LogP) is 2.56. The fourth-order valence-corrected chi connectivity index (χ4v) is 2.53. The number of carbonyl (C=O) groups excluding carboxylic acids is 1. The van der Waals surface area contributed by atoms with E-state index < -0.39 is 18.0 Å². The first-order valence-corrected chi connectivity index (χ1v) is 6.29. The minimum absolute atomic E-state index is 0.0285. The molecule has 2 heterocycles. The smallest absolute Gasteiger partial charge is 0.282 e. The van der Waals surface area contributed by atoms with Gasteiger partial charge in [-0.25, -0.2) is 8.78 Å². The molecule has 1 aromatic carbocycles. The summed E-state index contributed by atoms with van der Waals surface area (Å²) in [6.07, 6.45) is -0.662. The third kappa shape index (κ3) is 1.97. The number of fused-ring (bicyclic) bond motifs is 1. The SMILES string of the molecule is Cn1cc(C(=O)N2CCc3ccccc32)c(C(F)F)n1. The lowest BCUT2D eigenvalue weighted by Gasteiger charge is -2.16. The molecule has 0 unspecified atom stereocenters. The number of hydrogen-bond donors (Lipinski definition) is 0. The van der Waals surface area contributed by atoms with Gasteiger partial charge in [-0.15, -0.1) is 0 Å². The summed E-state index contributed by atoms with van der Waals surface area (Å²) in [5, 5.41) is 3.68. The van der Waals surface area contributed by atoms with Crippen molar-refractivity contribution in [1.82, 2.24) is 9.78 Å². The summed E-state index contributed by atoms with van der Waals surface area (Å²) >= 11 is 0. The minimum atomic E-state index is -2.76. The molecule has 0 N–H and O–H groups in total. The molecular weight excluding hydrogens is 264 g/mol. The Labute approximate surface area is 114 Å². The minimum Gasteiger partial charge on any atom is -0.308 e. The third-order valence-electron chi connectivity index (χ3n) is 3.43. The van der Waals surface area contributed by atoms with Gasteiger partial charge in [0.25, 0.3) is 12.3 Å². The van der Waals surface area contributed by atoms with E-state index in [1.165, 1.54) is 22.8 Å². The molecule has 104 valence electrons. The Bertz CT molecular complexity index is 666. The zero-order chi connectivity index (χ0) is 14.3. The van der Waals surface area contributed by atoms with Crippen LogP contribution in [0.1, 0.15) is 28.0 Å². The molecule has 0 saturated heterocycles. The molecule has 0 atom stereocenters. The second kappa shape index (κ2) is 4.70. The molecule has 1 amide bonds. The lowest BCUT2D eigenvalue weighted by molar-refractivity contribution is 0.0974. The van der Waals surface area contributed by atoms with Gasteiger partial charge in [-0.1, -0.05) is 18.2 Å². The number of aromatic nitrogens is 2. The van der Waals surface area contributed by atoms with Gasteiger partial charge in [-0.2, -0.15) is 5.10 Å². The fourth-order valence-electron chi connectivity index (χ4n) is 2.53. The number of aryl methyl sites for hydroxylation is 1. The van der Waals surface area contributed by atoms with Crippen molar-refractivity contribution < 1.29 is 13.6 Å². The molecule has 1 aromatic heterocycles. The summed E-state index contributed by atoms with van der Waals surface area (Å²) in [5.41, 5.74) is 1.37. The number of hydrogen-bond acceptors (Lipinski definition) is 2. The molecule has 0 bridgehead atoms. The molecule has 20 heavy (non-hydrogen) atoms. The summed E-state index contributed by atoms with van der Waals surface area (Å²) in [4.78, 5) is 14.0. The summed E-state index contributed by atoms with van der Waals surface area (Å²) in [6.45, 7) is 0.510. The van der Waals surface area contributed by atoms with Gasteiger partial charge in [0.05, 0.1) is 5.56 Å². The van der Waals surface area contributed by atoms with Gasteiger partial charge < -0.3 is 4.90 Å². The maximum absolute atomic E-state index is 12.9. The third-order valence-corrected chi connectivity index (χ3v) is 3.43. The van der Waals surface area contributed by atoms with Gasteiger partial charge >= 0.3 is 0 Å². The molecule has 1 aliphatic heterocycles. The quantitative estimate of drug-likeness (QED) is 0.846. The number of alkyl halides is 2. The van der Waals surface area contributed by atoms with Crippen LogP contribution >= 0.6 is 0 Å². The standard InChI is InChI=1S/C14H13F2N3O/c1-18-8-10(12(17-18)13(15)16)14(20)19-7-6-9-4-2-3-5-11(9)19/h2-5,8,13H,6-7H2,1H3. The summed E-state index contributed by atoms with van der Waals surface area (Å²) in [7, 11) is 1.53. The monoisotopic (exact) mass is 277 g/mol. The Kier molecular flexibility index (Phi) is 3.00. The van der Waals surface area contributed by atoms with Crippen molar-refractivity contribution in [3.05, 3.63) is 47.3 Å². The van der Waals surface area contributed by atoms with E-state index in [9.17, 15) is 13.6 Å². The van der Waals surface area contributed by atoms with Crippen molar-refractivity contribution in [1.29, 1.82) is 0 Å². The van der Waals surface area contributed by atoms with Crippen LogP contribution in [0.2, 0.25) is 0 Å². The molecule has 6 heteroatoms. The first-order chi connectivity index (χ1) is 9.58. The van der Waals surface area contributed by atoms with Gasteiger partial charge in [0.2, 0.25) is 0 Å². The fraction of sp³-hybridized carbons (Fsp3) is 0.286. The van der Waals surface area contributed by atoms with Crippen molar-refractivity contribution in [3.8, 4) is 0 Å². The second-order valence-electron chi connectivity index (χ2n) is 4.74. The molecule has 3 rings (SSSR count). The summed E-state index contributed by atoms with van der Waals surface area (Å²) in [5.74, 6) is -0.418. The number of benzene rings is 1. The van der Waals surface area contributed by atoms with Crippen LogP contribution < -0.4 is 4.90 Å². The predicted molar refractivity (Wildman–Crippen MR) is 70.0 cm³/mol. The summed E-state index contributed by atoms with van der Waals surface area (Å²) < 4.78 is 27.1. The van der Waals surface area contributed by atoms with Crippen LogP contribution in [-0.4, -0.2) is 22.2 Å². The van der Waals surface area contributed by atoms with E-state index in [0.29, 0.717) is 6.54 Å². The largest absolute Gasteiger partial charge is 0.308 e. The van der Waals surface area contributed by atoms with E-state index in [-0.39, 0.29) is 5.56 Å². The average molecular weight is 277 g/mol. The highest BCUT2D eigenvalue weighted by atomic mass is 19.3. The molecule has 0 aliphatic carbocycles. The van der Waals surface area contributed by atoms with Gasteiger partial charge in [-0.05, 0) is 18.1 Å². The van der Waals surface area contributed by atoms with Crippen molar-refractivity contribution in [2.45, 2.75) is 12.8 Å². The van der Waals surface area contributed by atoms with Gasteiger partial charge in [0.15, 0.2) is 0 Å². The van der Waals surface area contributed by atoms with Gasteiger partial charge in [-0.3, -0.25) is 9.48 Å². The van der Waals surface area contributed by atoms with Gasteiger partial charge in [0.1, 0.15) is 5.69 Å². The number of nitrogens with zero attached hydrogens (tertiary/aromatic N) is 3. The van der Waals surface area contributed by atoms with Crippen LogP contribution in [0, 0.1) is 0 Å². The van der Waals surface area contributed by atoms with Crippen LogP contribution in [-0.2, 0) is 13.5 Å². The number of carbonyl (C=O) groups is 1. The maximum Gasteiger partial charge on any atom is 0.282 e. The molecule has 2 aromatic rings. The van der Waals surface area contributed by atoms with Crippen molar-refractivity contribution in [3.63, 3.8) is 0 Å². The van der Waals surface area contributed by atoms with E-state index >= 15 is 0 Å². The first kappa shape index (κ1) is 12.8. The second-order valence-corrected chi connectivity index (χ2v) is 4.74. The van der Waals surface area contributed by atoms with E-state index in [2.05, 4.69) is 5.10 Å². The highest BCUT2D eigenvalue weighted by Crippen LogP contribution is 2.30. The van der Waals surface area contributed by atoms with Crippen molar-refractivity contribution in [2.75, 3.05) is 11.4 Å². The van der Waals surface area contributed by atoms with Crippen LogP contribution in [0.5, 0.6) is 0 Å². The Morgan fingerprint density at radius 3 is 2.85 bits per heavy atom. The van der Waals surface area contributed by atoms with E-state index in [1.807, 2.05) is 24.3 Å². The Morgan fingerprint density at radius 1 is 1.35 bits per heavy atom. The van der Waals surface area contributed by atoms with Crippen LogP contribution in [0.15, 0.2) is 30.5 Å². The number of halogens is 2. The van der Waals surface area contributed by atoms with Gasteiger partial charge in [0, 0.05) is 25.5 Å². The molecule has 4 nitrogen and oxygen atoms in total. The number of para-hydroxylation sites is 1. The maximum atomic E-state index is 12.9. The number of rotatable bonds is 2. The lowest BCUT2D eigenvalue weighted by atomic mass is 10.1. The molecule has 1 aliphatic rings. The topological polar surface area (TPSA) is 38.1 Å². The zero-order valence-electron chi connectivity index (χ0n) is 10.9. The lowest BCUT2D eigenvalue weighted by Crippen LogP contribution is -2.29. The Hall–Kier alpha value is -2.24. The average Bonchev–Trinajstić information content (AvgIpc) is 3.01. The number of amides is 1. The molecule has 0 spiro atoms. The molecular formula is C14H13F2N3O. The van der Waals surface area contributed by atoms with Crippen LogP contribution in [0.4, 0.5) is 14.5 Å². The Balaban J connectivity index is 1.99. The van der Waals surface area contributed by atoms with Crippen LogP contribution in [0.25, 0.3) is 0 Å². The Morgan fingerprint density at radius 2 is 2.10 bits per heavy atom.